The molecule has 1 N–H and O–H groups in total. The van der Waals surface area contributed by atoms with E-state index in [1.165, 1.54) is 4.90 Å². The van der Waals surface area contributed by atoms with Crippen LogP contribution in [-0.2, 0) is 19.2 Å². The van der Waals surface area contributed by atoms with E-state index in [9.17, 15) is 19.2 Å². The van der Waals surface area contributed by atoms with Crippen LogP contribution in [0, 0.1) is 11.8 Å². The minimum atomic E-state index is -0.377. The van der Waals surface area contributed by atoms with Gasteiger partial charge in [0.25, 0.3) is 0 Å². The number of benzene rings is 1. The van der Waals surface area contributed by atoms with Gasteiger partial charge in [-0.05, 0) is 31.9 Å². The molecule has 2 heterocycles. The zero-order valence-corrected chi connectivity index (χ0v) is 15.1. The Balaban J connectivity index is 1.60. The third-order valence-electron chi connectivity index (χ3n) is 5.52. The van der Waals surface area contributed by atoms with E-state index in [1.54, 1.807) is 31.2 Å². The van der Waals surface area contributed by atoms with Crippen molar-refractivity contribution in [3.63, 3.8) is 0 Å². The fraction of sp³-hybridized carbons (Fsp3) is 0.400. The first-order chi connectivity index (χ1) is 13.0. The number of allylic oxidation sites excluding steroid dienone is 2. The summed E-state index contributed by atoms with van der Waals surface area (Å²) in [5, 5.41) is 2.80. The summed E-state index contributed by atoms with van der Waals surface area (Å²) in [4.78, 5) is 53.1. The largest absolute Gasteiger partial charge is 0.324 e. The molecule has 0 radical (unpaired) electrons. The second kappa shape index (κ2) is 6.64. The number of para-hydroxylation sites is 2. The number of amides is 4. The molecule has 7 nitrogen and oxygen atoms in total. The average Bonchev–Trinajstić information content (AvgIpc) is 2.80. The number of carbonyl (C=O) groups is 4. The van der Waals surface area contributed by atoms with Crippen molar-refractivity contribution in [3.8, 4) is 0 Å². The van der Waals surface area contributed by atoms with E-state index >= 15 is 0 Å². The average molecular weight is 367 g/mol. The lowest BCUT2D eigenvalue weighted by Gasteiger charge is -2.29. The Kier molecular flexibility index (Phi) is 4.30. The molecule has 0 saturated carbocycles. The van der Waals surface area contributed by atoms with Crippen molar-refractivity contribution in [2.75, 3.05) is 16.8 Å². The quantitative estimate of drug-likeness (QED) is 0.637. The van der Waals surface area contributed by atoms with Crippen molar-refractivity contribution < 1.29 is 19.2 Å². The number of anilines is 2. The predicted molar refractivity (Wildman–Crippen MR) is 98.7 cm³/mol. The van der Waals surface area contributed by atoms with Crippen LogP contribution >= 0.6 is 0 Å². The molecule has 1 aliphatic carbocycles. The summed E-state index contributed by atoms with van der Waals surface area (Å²) in [6, 6.07) is 6.68. The van der Waals surface area contributed by atoms with Crippen molar-refractivity contribution in [2.45, 2.75) is 32.2 Å². The molecule has 3 aliphatic rings. The summed E-state index contributed by atoms with van der Waals surface area (Å²) in [5.74, 6) is -1.78. The lowest BCUT2D eigenvalue weighted by Crippen LogP contribution is -2.46. The fourth-order valence-electron chi connectivity index (χ4n) is 4.20. The van der Waals surface area contributed by atoms with Crippen LogP contribution in [0.1, 0.15) is 26.2 Å². The number of imide groups is 1. The van der Waals surface area contributed by atoms with Crippen molar-refractivity contribution >= 4 is 35.0 Å². The van der Waals surface area contributed by atoms with Gasteiger partial charge in [-0.15, -0.1) is 0 Å². The van der Waals surface area contributed by atoms with E-state index in [2.05, 4.69) is 5.32 Å². The van der Waals surface area contributed by atoms with Gasteiger partial charge in [0.05, 0.1) is 23.2 Å². The number of nitrogens with one attached hydrogen (secondary N) is 1. The maximum Gasteiger partial charge on any atom is 0.247 e. The topological polar surface area (TPSA) is 86.8 Å². The third kappa shape index (κ3) is 2.93. The number of rotatable bonds is 2. The molecule has 3 atom stereocenters. The van der Waals surface area contributed by atoms with Gasteiger partial charge in [0.15, 0.2) is 0 Å². The van der Waals surface area contributed by atoms with Crippen molar-refractivity contribution in [1.82, 2.24) is 4.90 Å². The Hall–Kier alpha value is -2.96. The summed E-state index contributed by atoms with van der Waals surface area (Å²) < 4.78 is 0. The van der Waals surface area contributed by atoms with E-state index in [0.717, 1.165) is 4.90 Å². The monoisotopic (exact) mass is 367 g/mol. The first kappa shape index (κ1) is 17.5. The van der Waals surface area contributed by atoms with Crippen LogP contribution in [0.2, 0.25) is 0 Å². The lowest BCUT2D eigenvalue weighted by atomic mass is 9.85. The SMILES string of the molecule is C[C@H]1CC(=O)Nc2ccccc2N1C(=O)CN1C(=O)[C@H]2CC=CC[C@H]2C1=O. The minimum absolute atomic E-state index is 0.150. The zero-order chi connectivity index (χ0) is 19.1. The van der Waals surface area contributed by atoms with Crippen LogP contribution < -0.4 is 10.2 Å². The molecule has 1 aromatic carbocycles. The molecule has 1 aromatic rings. The highest BCUT2D eigenvalue weighted by Crippen LogP contribution is 2.36. The van der Waals surface area contributed by atoms with Crippen LogP contribution in [0.5, 0.6) is 0 Å². The van der Waals surface area contributed by atoms with Crippen LogP contribution in [0.25, 0.3) is 0 Å². The Morgan fingerprint density at radius 2 is 1.70 bits per heavy atom. The van der Waals surface area contributed by atoms with Gasteiger partial charge in [-0.1, -0.05) is 24.3 Å². The van der Waals surface area contributed by atoms with E-state index < -0.39 is 0 Å². The molecule has 7 heteroatoms. The molecule has 4 amide bonds. The van der Waals surface area contributed by atoms with Crippen LogP contribution in [-0.4, -0.2) is 41.1 Å². The second-order valence-electron chi connectivity index (χ2n) is 7.30. The van der Waals surface area contributed by atoms with E-state index in [-0.39, 0.29) is 54.5 Å². The number of hydrogen-bond acceptors (Lipinski definition) is 4. The van der Waals surface area contributed by atoms with Gasteiger partial charge in [0, 0.05) is 12.5 Å². The van der Waals surface area contributed by atoms with Gasteiger partial charge in [-0.3, -0.25) is 24.1 Å². The number of fused-ring (bicyclic) bond motifs is 2. The van der Waals surface area contributed by atoms with Gasteiger partial charge < -0.3 is 10.2 Å². The van der Waals surface area contributed by atoms with E-state index in [1.807, 2.05) is 12.2 Å². The molecule has 2 aliphatic heterocycles. The van der Waals surface area contributed by atoms with Gasteiger partial charge in [-0.25, -0.2) is 0 Å². The molecule has 0 aromatic heterocycles. The summed E-state index contributed by atoms with van der Waals surface area (Å²) >= 11 is 0. The summed E-state index contributed by atoms with van der Waals surface area (Å²) in [7, 11) is 0. The summed E-state index contributed by atoms with van der Waals surface area (Å²) in [5.41, 5.74) is 1.14. The van der Waals surface area contributed by atoms with E-state index in [0.29, 0.717) is 24.2 Å². The second-order valence-corrected chi connectivity index (χ2v) is 7.30. The molecule has 0 unspecified atom stereocenters. The smallest absolute Gasteiger partial charge is 0.247 e. The molecule has 0 spiro atoms. The molecule has 4 rings (SSSR count). The molecular weight excluding hydrogens is 346 g/mol. The highest BCUT2D eigenvalue weighted by molar-refractivity contribution is 6.11. The number of carbonyl (C=O) groups excluding carboxylic acids is 4. The van der Waals surface area contributed by atoms with Crippen LogP contribution in [0.4, 0.5) is 11.4 Å². The number of nitrogens with zero attached hydrogens (tertiary/aromatic N) is 2. The maximum atomic E-state index is 13.1. The van der Waals surface area contributed by atoms with Gasteiger partial charge in [0.2, 0.25) is 23.6 Å². The van der Waals surface area contributed by atoms with E-state index in [4.69, 9.17) is 0 Å². The maximum absolute atomic E-state index is 13.1. The molecule has 140 valence electrons. The van der Waals surface area contributed by atoms with Crippen molar-refractivity contribution in [1.29, 1.82) is 0 Å². The Morgan fingerprint density at radius 1 is 1.07 bits per heavy atom. The Bertz CT molecular complexity index is 837. The zero-order valence-electron chi connectivity index (χ0n) is 15.1. The Morgan fingerprint density at radius 3 is 2.37 bits per heavy atom. The number of hydrogen-bond donors (Lipinski definition) is 1. The van der Waals surface area contributed by atoms with Gasteiger partial charge >= 0.3 is 0 Å². The molecule has 1 saturated heterocycles. The predicted octanol–water partition coefficient (Wildman–Crippen LogP) is 1.70. The van der Waals surface area contributed by atoms with Gasteiger partial charge in [-0.2, -0.15) is 0 Å². The van der Waals surface area contributed by atoms with Crippen molar-refractivity contribution in [3.05, 3.63) is 36.4 Å². The summed E-state index contributed by atoms with van der Waals surface area (Å²) in [6.07, 6.45) is 5.07. The first-order valence-corrected chi connectivity index (χ1v) is 9.18. The lowest BCUT2D eigenvalue weighted by molar-refractivity contribution is -0.143. The van der Waals surface area contributed by atoms with Crippen molar-refractivity contribution in [2.24, 2.45) is 11.8 Å². The molecule has 1 fully saturated rings. The van der Waals surface area contributed by atoms with Crippen LogP contribution in [0.15, 0.2) is 36.4 Å². The third-order valence-corrected chi connectivity index (χ3v) is 5.52. The standard InChI is InChI=1S/C20H21N3O4/c1-12-10-17(24)21-15-8-4-5-9-16(15)23(12)18(25)11-22-19(26)13-6-2-3-7-14(13)20(22)27/h2-5,8-9,12-14H,6-7,10-11H2,1H3,(H,21,24)/t12-,13-,14+/m0/s1. The van der Waals surface area contributed by atoms with Gasteiger partial charge in [0.1, 0.15) is 6.54 Å². The van der Waals surface area contributed by atoms with Crippen LogP contribution in [0.3, 0.4) is 0 Å². The molecular formula is C20H21N3O4. The molecule has 0 bridgehead atoms. The highest BCUT2D eigenvalue weighted by Gasteiger charge is 2.48. The Labute approximate surface area is 157 Å². The molecule has 27 heavy (non-hydrogen) atoms. The number of likely N-dealkylation sites (tertiary alicyclic amines) is 1. The summed E-state index contributed by atoms with van der Waals surface area (Å²) in [6.45, 7) is 1.49. The highest BCUT2D eigenvalue weighted by atomic mass is 16.2. The first-order valence-electron chi connectivity index (χ1n) is 9.18. The minimum Gasteiger partial charge on any atom is -0.324 e. The normalized spacial score (nSPS) is 27.1. The fourth-order valence-corrected chi connectivity index (χ4v) is 4.20.